The maximum absolute atomic E-state index is 12.8. The van der Waals surface area contributed by atoms with Crippen LogP contribution in [0.5, 0.6) is 0 Å². The first-order chi connectivity index (χ1) is 10.5. The predicted molar refractivity (Wildman–Crippen MR) is 83.4 cm³/mol. The van der Waals surface area contributed by atoms with Crippen LogP contribution in [0.2, 0.25) is 0 Å². The lowest BCUT2D eigenvalue weighted by Crippen LogP contribution is -2.30. The van der Waals surface area contributed by atoms with Crippen molar-refractivity contribution in [1.29, 1.82) is 0 Å². The number of hydrogen-bond acceptors (Lipinski definition) is 2. The molecule has 2 aromatic rings. The highest BCUT2D eigenvalue weighted by Gasteiger charge is 2.09. The fourth-order valence-corrected chi connectivity index (χ4v) is 1.85. The number of amides is 2. The number of hydrogen-bond donors (Lipinski definition) is 2. The van der Waals surface area contributed by atoms with E-state index in [4.69, 9.17) is 0 Å². The Bertz CT molecular complexity index is 664. The highest BCUT2D eigenvalue weighted by atomic mass is 19.1. The van der Waals surface area contributed by atoms with Crippen molar-refractivity contribution in [3.05, 3.63) is 65.5 Å². The van der Waals surface area contributed by atoms with Gasteiger partial charge in [0.05, 0.1) is 0 Å². The van der Waals surface area contributed by atoms with E-state index < -0.39 is 5.82 Å². The summed E-state index contributed by atoms with van der Waals surface area (Å²) in [6, 6.07) is 11.9. The summed E-state index contributed by atoms with van der Waals surface area (Å²) in [6.45, 7) is 3.77. The van der Waals surface area contributed by atoms with Crippen molar-refractivity contribution >= 4 is 17.5 Å². The summed E-state index contributed by atoms with van der Waals surface area (Å²) in [5, 5.41) is 5.48. The van der Waals surface area contributed by atoms with Crippen molar-refractivity contribution in [3.8, 4) is 0 Å². The normalized spacial score (nSPS) is 10.4. The molecule has 0 aromatic heterocycles. The van der Waals surface area contributed by atoms with E-state index in [0.29, 0.717) is 16.8 Å². The summed E-state index contributed by atoms with van der Waals surface area (Å²) in [5.41, 5.74) is 1.45. The first-order valence-corrected chi connectivity index (χ1v) is 6.93. The molecule has 0 saturated heterocycles. The Labute approximate surface area is 128 Å². The molecule has 0 atom stereocenters. The standard InChI is InChI=1S/C17H17FN2O2/c1-11(2)19-16(21)13-5-9-15(10-6-13)20-17(22)12-3-7-14(18)8-4-12/h3-11H,1-2H3,(H,19,21)(H,20,22). The summed E-state index contributed by atoms with van der Waals surface area (Å²) in [5.74, 6) is -0.886. The fourth-order valence-electron chi connectivity index (χ4n) is 1.85. The summed E-state index contributed by atoms with van der Waals surface area (Å²) in [4.78, 5) is 23.8. The van der Waals surface area contributed by atoms with Gasteiger partial charge in [-0.15, -0.1) is 0 Å². The number of carbonyl (C=O) groups excluding carboxylic acids is 2. The monoisotopic (exact) mass is 300 g/mol. The lowest BCUT2D eigenvalue weighted by Gasteiger charge is -2.09. The number of nitrogens with one attached hydrogen (secondary N) is 2. The number of carbonyl (C=O) groups is 2. The van der Waals surface area contributed by atoms with E-state index in [1.807, 2.05) is 13.8 Å². The van der Waals surface area contributed by atoms with Crippen molar-refractivity contribution in [2.45, 2.75) is 19.9 Å². The second-order valence-corrected chi connectivity index (χ2v) is 5.17. The summed E-state index contributed by atoms with van der Waals surface area (Å²) in [6.07, 6.45) is 0. The van der Waals surface area contributed by atoms with Crippen LogP contribution in [-0.2, 0) is 0 Å². The maximum Gasteiger partial charge on any atom is 0.255 e. The first-order valence-electron chi connectivity index (χ1n) is 6.93. The van der Waals surface area contributed by atoms with E-state index in [0.717, 1.165) is 0 Å². The Morgan fingerprint density at radius 1 is 0.864 bits per heavy atom. The maximum atomic E-state index is 12.8. The lowest BCUT2D eigenvalue weighted by molar-refractivity contribution is 0.0942. The van der Waals surface area contributed by atoms with Gasteiger partial charge in [-0.05, 0) is 62.4 Å². The molecule has 0 bridgehead atoms. The fraction of sp³-hybridized carbons (Fsp3) is 0.176. The third-order valence-electron chi connectivity index (χ3n) is 2.93. The molecule has 22 heavy (non-hydrogen) atoms. The predicted octanol–water partition coefficient (Wildman–Crippen LogP) is 3.22. The van der Waals surface area contributed by atoms with Crippen LogP contribution in [0.3, 0.4) is 0 Å². The van der Waals surface area contributed by atoms with Crippen molar-refractivity contribution in [3.63, 3.8) is 0 Å². The average molecular weight is 300 g/mol. The molecule has 0 heterocycles. The van der Waals surface area contributed by atoms with Gasteiger partial charge in [0.1, 0.15) is 5.82 Å². The lowest BCUT2D eigenvalue weighted by atomic mass is 10.1. The van der Waals surface area contributed by atoms with Crippen molar-refractivity contribution in [2.75, 3.05) is 5.32 Å². The Kier molecular flexibility index (Phi) is 4.88. The Morgan fingerprint density at radius 3 is 1.91 bits per heavy atom. The number of rotatable bonds is 4. The van der Waals surface area contributed by atoms with Crippen molar-refractivity contribution in [1.82, 2.24) is 5.32 Å². The molecule has 0 spiro atoms. The van der Waals surface area contributed by atoms with Gasteiger partial charge < -0.3 is 10.6 Å². The molecule has 0 radical (unpaired) electrons. The number of halogens is 1. The van der Waals surface area contributed by atoms with Gasteiger partial charge >= 0.3 is 0 Å². The summed E-state index contributed by atoms with van der Waals surface area (Å²) >= 11 is 0. The van der Waals surface area contributed by atoms with Crippen LogP contribution in [0.25, 0.3) is 0 Å². The van der Waals surface area contributed by atoms with Gasteiger partial charge in [0.25, 0.3) is 11.8 Å². The van der Waals surface area contributed by atoms with Crippen LogP contribution in [0.15, 0.2) is 48.5 Å². The number of benzene rings is 2. The molecular formula is C17H17FN2O2. The third-order valence-corrected chi connectivity index (χ3v) is 2.93. The van der Waals surface area contributed by atoms with Crippen LogP contribution in [-0.4, -0.2) is 17.9 Å². The number of anilines is 1. The van der Waals surface area contributed by atoms with Crippen LogP contribution in [0.4, 0.5) is 10.1 Å². The van der Waals surface area contributed by atoms with Gasteiger partial charge in [-0.1, -0.05) is 0 Å². The quantitative estimate of drug-likeness (QED) is 0.911. The molecule has 0 aliphatic rings. The van der Waals surface area contributed by atoms with Gasteiger partial charge in [0.2, 0.25) is 0 Å². The third kappa shape index (κ3) is 4.15. The molecule has 5 heteroatoms. The van der Waals surface area contributed by atoms with Crippen molar-refractivity contribution < 1.29 is 14.0 Å². The Balaban J connectivity index is 2.03. The van der Waals surface area contributed by atoms with E-state index in [1.165, 1.54) is 24.3 Å². The van der Waals surface area contributed by atoms with Crippen LogP contribution in [0.1, 0.15) is 34.6 Å². The molecule has 2 rings (SSSR count). The molecule has 114 valence electrons. The van der Waals surface area contributed by atoms with E-state index >= 15 is 0 Å². The topological polar surface area (TPSA) is 58.2 Å². The molecular weight excluding hydrogens is 283 g/mol. The van der Waals surface area contributed by atoms with E-state index in [1.54, 1.807) is 24.3 Å². The highest BCUT2D eigenvalue weighted by Crippen LogP contribution is 2.12. The Hall–Kier alpha value is -2.69. The van der Waals surface area contributed by atoms with E-state index in [9.17, 15) is 14.0 Å². The second-order valence-electron chi connectivity index (χ2n) is 5.17. The minimum Gasteiger partial charge on any atom is -0.350 e. The van der Waals surface area contributed by atoms with Gasteiger partial charge in [0.15, 0.2) is 0 Å². The van der Waals surface area contributed by atoms with Crippen LogP contribution < -0.4 is 10.6 Å². The van der Waals surface area contributed by atoms with E-state index in [-0.39, 0.29) is 17.9 Å². The zero-order valence-electron chi connectivity index (χ0n) is 12.4. The average Bonchev–Trinajstić information content (AvgIpc) is 2.48. The molecule has 0 unspecified atom stereocenters. The highest BCUT2D eigenvalue weighted by molar-refractivity contribution is 6.04. The SMILES string of the molecule is CC(C)NC(=O)c1ccc(NC(=O)c2ccc(F)cc2)cc1. The molecule has 4 nitrogen and oxygen atoms in total. The molecule has 0 aliphatic heterocycles. The van der Waals surface area contributed by atoms with Crippen LogP contribution >= 0.6 is 0 Å². The second kappa shape index (κ2) is 6.85. The first kappa shape index (κ1) is 15.7. The largest absolute Gasteiger partial charge is 0.350 e. The van der Waals surface area contributed by atoms with Gasteiger partial charge in [-0.2, -0.15) is 0 Å². The molecule has 2 aromatic carbocycles. The smallest absolute Gasteiger partial charge is 0.255 e. The minimum atomic E-state index is -0.392. The summed E-state index contributed by atoms with van der Waals surface area (Å²) in [7, 11) is 0. The zero-order valence-corrected chi connectivity index (χ0v) is 12.4. The van der Waals surface area contributed by atoms with Gasteiger partial charge in [-0.3, -0.25) is 9.59 Å². The minimum absolute atomic E-state index is 0.0605. The zero-order chi connectivity index (χ0) is 16.1. The van der Waals surface area contributed by atoms with E-state index in [2.05, 4.69) is 10.6 Å². The summed E-state index contributed by atoms with van der Waals surface area (Å²) < 4.78 is 12.8. The molecule has 0 saturated carbocycles. The van der Waals surface area contributed by atoms with Crippen molar-refractivity contribution in [2.24, 2.45) is 0 Å². The van der Waals surface area contributed by atoms with Gasteiger partial charge in [0, 0.05) is 22.9 Å². The Morgan fingerprint density at radius 2 is 1.36 bits per heavy atom. The molecule has 0 fully saturated rings. The van der Waals surface area contributed by atoms with Crippen LogP contribution in [0, 0.1) is 5.82 Å². The molecule has 0 aliphatic carbocycles. The van der Waals surface area contributed by atoms with Gasteiger partial charge in [-0.25, -0.2) is 4.39 Å². The molecule has 2 N–H and O–H groups in total. The molecule has 2 amide bonds.